The van der Waals surface area contributed by atoms with E-state index in [1.54, 1.807) is 0 Å². The maximum absolute atomic E-state index is 4.88. The van der Waals surface area contributed by atoms with Crippen LogP contribution in [0.5, 0.6) is 0 Å². The summed E-state index contributed by atoms with van der Waals surface area (Å²) in [4.78, 5) is 14.2. The number of pyridine rings is 1. The number of guanidine groups is 1. The molecule has 2 saturated heterocycles. The fourth-order valence-electron chi connectivity index (χ4n) is 3.56. The molecule has 2 aliphatic heterocycles. The van der Waals surface area contributed by atoms with Crippen molar-refractivity contribution >= 4 is 11.8 Å². The normalized spacial score (nSPS) is 20.7. The molecule has 2 aliphatic rings. The predicted molar refractivity (Wildman–Crippen MR) is 100 cm³/mol. The molecule has 1 aromatic heterocycles. The standard InChI is InChI=1S/C19H31N5/c1-4-20-18(24-12-8-19(2,3)15-24)22-14-16-7-9-21-17(13-16)23-10-5-6-11-23/h7,9,13H,4-6,8,10-12,14-15H2,1-3H3,(H,20,22). The van der Waals surface area contributed by atoms with Crippen LogP contribution in [-0.2, 0) is 6.54 Å². The summed E-state index contributed by atoms with van der Waals surface area (Å²) in [5.74, 6) is 2.15. The molecule has 0 atom stereocenters. The fraction of sp³-hybridized carbons (Fsp3) is 0.684. The van der Waals surface area contributed by atoms with E-state index in [0.29, 0.717) is 12.0 Å². The summed E-state index contributed by atoms with van der Waals surface area (Å²) in [6, 6.07) is 4.28. The second kappa shape index (κ2) is 7.41. The Morgan fingerprint density at radius 1 is 1.29 bits per heavy atom. The highest BCUT2D eigenvalue weighted by Gasteiger charge is 2.30. The number of rotatable bonds is 4. The SMILES string of the molecule is CCNC(=NCc1ccnc(N2CCCC2)c1)N1CCC(C)(C)C1. The van der Waals surface area contributed by atoms with Crippen LogP contribution in [0.15, 0.2) is 23.3 Å². The molecular weight excluding hydrogens is 298 g/mol. The second-order valence-electron chi connectivity index (χ2n) is 7.72. The van der Waals surface area contributed by atoms with Crippen molar-refractivity contribution in [2.75, 3.05) is 37.6 Å². The third-order valence-corrected chi connectivity index (χ3v) is 4.96. The van der Waals surface area contributed by atoms with E-state index in [1.165, 1.54) is 24.8 Å². The van der Waals surface area contributed by atoms with Crippen molar-refractivity contribution in [3.05, 3.63) is 23.9 Å². The highest BCUT2D eigenvalue weighted by atomic mass is 15.3. The minimum Gasteiger partial charge on any atom is -0.357 e. The summed E-state index contributed by atoms with van der Waals surface area (Å²) in [5.41, 5.74) is 1.62. The third kappa shape index (κ3) is 4.19. The Labute approximate surface area is 146 Å². The first-order valence-electron chi connectivity index (χ1n) is 9.30. The lowest BCUT2D eigenvalue weighted by atomic mass is 9.93. The van der Waals surface area contributed by atoms with Crippen LogP contribution in [0.25, 0.3) is 0 Å². The van der Waals surface area contributed by atoms with E-state index in [1.807, 2.05) is 6.20 Å². The van der Waals surface area contributed by atoms with Gasteiger partial charge in [0.1, 0.15) is 5.82 Å². The van der Waals surface area contributed by atoms with Crippen LogP contribution < -0.4 is 10.2 Å². The molecule has 5 heteroatoms. The van der Waals surface area contributed by atoms with Gasteiger partial charge >= 0.3 is 0 Å². The van der Waals surface area contributed by atoms with Gasteiger partial charge in [-0.05, 0) is 49.3 Å². The van der Waals surface area contributed by atoms with Crippen LogP contribution in [0, 0.1) is 5.41 Å². The number of nitrogens with one attached hydrogen (secondary N) is 1. The number of hydrogen-bond donors (Lipinski definition) is 1. The average molecular weight is 329 g/mol. The number of likely N-dealkylation sites (tertiary alicyclic amines) is 1. The summed E-state index contributed by atoms with van der Waals surface area (Å²) in [7, 11) is 0. The Balaban J connectivity index is 1.69. The molecule has 0 unspecified atom stereocenters. The van der Waals surface area contributed by atoms with E-state index >= 15 is 0 Å². The lowest BCUT2D eigenvalue weighted by molar-refractivity contribution is 0.370. The van der Waals surface area contributed by atoms with E-state index in [0.717, 1.165) is 44.5 Å². The van der Waals surface area contributed by atoms with Gasteiger partial charge in [0.25, 0.3) is 0 Å². The van der Waals surface area contributed by atoms with Gasteiger partial charge in [0.15, 0.2) is 5.96 Å². The van der Waals surface area contributed by atoms with Gasteiger partial charge in [0.2, 0.25) is 0 Å². The van der Waals surface area contributed by atoms with E-state index in [9.17, 15) is 0 Å². The molecular formula is C19H31N5. The second-order valence-corrected chi connectivity index (χ2v) is 7.72. The molecule has 5 nitrogen and oxygen atoms in total. The summed E-state index contributed by atoms with van der Waals surface area (Å²) >= 11 is 0. The van der Waals surface area contributed by atoms with Gasteiger partial charge in [-0.3, -0.25) is 0 Å². The van der Waals surface area contributed by atoms with E-state index in [-0.39, 0.29) is 0 Å². The molecule has 0 aromatic carbocycles. The minimum atomic E-state index is 0.385. The predicted octanol–water partition coefficient (Wildman–Crippen LogP) is 2.88. The molecule has 24 heavy (non-hydrogen) atoms. The van der Waals surface area contributed by atoms with E-state index in [2.05, 4.69) is 53.0 Å². The third-order valence-electron chi connectivity index (χ3n) is 4.96. The first kappa shape index (κ1) is 17.1. The number of anilines is 1. The Morgan fingerprint density at radius 2 is 2.08 bits per heavy atom. The summed E-state index contributed by atoms with van der Waals surface area (Å²) in [6.45, 7) is 12.9. The molecule has 2 fully saturated rings. The van der Waals surface area contributed by atoms with Crippen molar-refractivity contribution in [2.45, 2.75) is 46.6 Å². The van der Waals surface area contributed by atoms with Crippen molar-refractivity contribution in [1.82, 2.24) is 15.2 Å². The molecule has 0 saturated carbocycles. The van der Waals surface area contributed by atoms with Crippen LogP contribution in [0.4, 0.5) is 5.82 Å². The zero-order valence-electron chi connectivity index (χ0n) is 15.4. The zero-order chi connectivity index (χ0) is 17.0. The van der Waals surface area contributed by atoms with Gasteiger partial charge in [-0.2, -0.15) is 0 Å². The van der Waals surface area contributed by atoms with Gasteiger partial charge in [-0.25, -0.2) is 9.98 Å². The number of aromatic nitrogens is 1. The van der Waals surface area contributed by atoms with Crippen LogP contribution in [0.2, 0.25) is 0 Å². The molecule has 3 rings (SSSR count). The van der Waals surface area contributed by atoms with Crippen LogP contribution in [-0.4, -0.2) is 48.6 Å². The molecule has 3 heterocycles. The Kier molecular flexibility index (Phi) is 5.27. The topological polar surface area (TPSA) is 43.8 Å². The van der Waals surface area contributed by atoms with Gasteiger partial charge in [0.05, 0.1) is 6.54 Å². The Hall–Kier alpha value is -1.78. The Bertz CT molecular complexity index is 575. The summed E-state index contributed by atoms with van der Waals surface area (Å²) in [6.07, 6.45) is 5.70. The lowest BCUT2D eigenvalue weighted by Crippen LogP contribution is -2.40. The summed E-state index contributed by atoms with van der Waals surface area (Å²) in [5, 5.41) is 3.45. The monoisotopic (exact) mass is 329 g/mol. The van der Waals surface area contributed by atoms with E-state index < -0.39 is 0 Å². The van der Waals surface area contributed by atoms with Gasteiger partial charge < -0.3 is 15.1 Å². The lowest BCUT2D eigenvalue weighted by Gasteiger charge is -2.23. The van der Waals surface area contributed by atoms with Crippen molar-refractivity contribution in [3.63, 3.8) is 0 Å². The molecule has 0 bridgehead atoms. The van der Waals surface area contributed by atoms with Crippen molar-refractivity contribution in [3.8, 4) is 0 Å². The minimum absolute atomic E-state index is 0.385. The number of hydrogen-bond acceptors (Lipinski definition) is 3. The smallest absolute Gasteiger partial charge is 0.194 e. The zero-order valence-corrected chi connectivity index (χ0v) is 15.4. The highest BCUT2D eigenvalue weighted by Crippen LogP contribution is 2.28. The maximum atomic E-state index is 4.88. The number of aliphatic imine (C=N–C) groups is 1. The van der Waals surface area contributed by atoms with Crippen molar-refractivity contribution in [2.24, 2.45) is 10.4 Å². The maximum Gasteiger partial charge on any atom is 0.194 e. The molecule has 0 aliphatic carbocycles. The van der Waals surface area contributed by atoms with Gasteiger partial charge in [0, 0.05) is 38.9 Å². The quantitative estimate of drug-likeness (QED) is 0.681. The van der Waals surface area contributed by atoms with Gasteiger partial charge in [-0.15, -0.1) is 0 Å². The molecule has 0 amide bonds. The molecule has 1 aromatic rings. The first-order chi connectivity index (χ1) is 11.6. The Morgan fingerprint density at radius 3 is 2.75 bits per heavy atom. The molecule has 1 N–H and O–H groups in total. The highest BCUT2D eigenvalue weighted by molar-refractivity contribution is 5.80. The van der Waals surface area contributed by atoms with Crippen LogP contribution >= 0.6 is 0 Å². The fourth-order valence-corrected chi connectivity index (χ4v) is 3.56. The molecule has 0 spiro atoms. The largest absolute Gasteiger partial charge is 0.357 e. The molecule has 132 valence electrons. The van der Waals surface area contributed by atoms with Crippen LogP contribution in [0.1, 0.15) is 45.6 Å². The first-order valence-corrected chi connectivity index (χ1v) is 9.30. The summed E-state index contributed by atoms with van der Waals surface area (Å²) < 4.78 is 0. The van der Waals surface area contributed by atoms with Crippen molar-refractivity contribution in [1.29, 1.82) is 0 Å². The van der Waals surface area contributed by atoms with Crippen molar-refractivity contribution < 1.29 is 0 Å². The molecule has 0 radical (unpaired) electrons. The van der Waals surface area contributed by atoms with Crippen LogP contribution in [0.3, 0.4) is 0 Å². The van der Waals surface area contributed by atoms with E-state index in [4.69, 9.17) is 4.99 Å². The van der Waals surface area contributed by atoms with Gasteiger partial charge in [-0.1, -0.05) is 13.8 Å². The average Bonchev–Trinajstić information content (AvgIpc) is 3.21. The number of nitrogens with zero attached hydrogens (tertiary/aromatic N) is 4.